The highest BCUT2D eigenvalue weighted by Crippen LogP contribution is 2.30. The van der Waals surface area contributed by atoms with Crippen LogP contribution in [0.2, 0.25) is 0 Å². The van der Waals surface area contributed by atoms with Gasteiger partial charge in [-0.1, -0.05) is 141 Å². The Hall–Kier alpha value is -6.52. The summed E-state index contributed by atoms with van der Waals surface area (Å²) in [7, 11) is 0. The molecule has 4 heteroatoms. The quantitative estimate of drug-likeness (QED) is 0.106. The van der Waals surface area contributed by atoms with Crippen molar-refractivity contribution in [3.05, 3.63) is 204 Å². The van der Waals surface area contributed by atoms with Crippen LogP contribution >= 0.6 is 0 Å². The summed E-state index contributed by atoms with van der Waals surface area (Å²) < 4.78 is 0. The van der Waals surface area contributed by atoms with Gasteiger partial charge < -0.3 is 0 Å². The lowest BCUT2D eigenvalue weighted by molar-refractivity contribution is 0.911. The Morgan fingerprint density at radius 2 is 1.48 bits per heavy atom. The SMILES string of the molecule is C=C(/N=C1/C=CC(c2ccc3ccc(-c4ccccc4)nc3c2)=C/C1=C/C)C(/C=C\C)=C/C(C)c1ccc2ccc3ccc(C/C=C\C=C/C)nc3c2n1. The predicted octanol–water partition coefficient (Wildman–Crippen LogP) is 12.8. The Morgan fingerprint density at radius 1 is 0.741 bits per heavy atom. The molecule has 1 aliphatic rings. The summed E-state index contributed by atoms with van der Waals surface area (Å²) >= 11 is 0. The monoisotopic (exact) mass is 700 g/mol. The van der Waals surface area contributed by atoms with Crippen LogP contribution in [0.25, 0.3) is 49.5 Å². The number of aromatic nitrogens is 3. The van der Waals surface area contributed by atoms with Crippen LogP contribution < -0.4 is 0 Å². The summed E-state index contributed by atoms with van der Waals surface area (Å²) in [6.45, 7) is 12.7. The van der Waals surface area contributed by atoms with Gasteiger partial charge >= 0.3 is 0 Å². The van der Waals surface area contributed by atoms with E-state index in [9.17, 15) is 0 Å². The molecule has 54 heavy (non-hydrogen) atoms. The lowest BCUT2D eigenvalue weighted by atomic mass is 9.94. The van der Waals surface area contributed by atoms with Gasteiger partial charge in [0, 0.05) is 45.4 Å². The summed E-state index contributed by atoms with van der Waals surface area (Å²) in [5.74, 6) is 0.0123. The zero-order valence-corrected chi connectivity index (χ0v) is 31.4. The van der Waals surface area contributed by atoms with Crippen molar-refractivity contribution in [2.75, 3.05) is 0 Å². The van der Waals surface area contributed by atoms with Crippen LogP contribution in [0.15, 0.2) is 192 Å². The van der Waals surface area contributed by atoms with Crippen molar-refractivity contribution in [3.63, 3.8) is 0 Å². The molecule has 0 radical (unpaired) electrons. The number of hydrogen-bond donors (Lipinski definition) is 0. The molecular formula is C50H44N4. The number of aliphatic imine (C=N–C) groups is 1. The first kappa shape index (κ1) is 35.9. The molecule has 0 spiro atoms. The van der Waals surface area contributed by atoms with Crippen LogP contribution in [0.1, 0.15) is 50.6 Å². The molecule has 3 heterocycles. The summed E-state index contributed by atoms with van der Waals surface area (Å²) in [6, 6.07) is 33.7. The van der Waals surface area contributed by atoms with E-state index >= 15 is 0 Å². The van der Waals surface area contributed by atoms with Gasteiger partial charge in [-0.2, -0.15) is 0 Å². The standard InChI is InChI=1S/C50H44N4/c1-6-9-10-14-18-44-27-23-39-20-21-40-25-28-45(54-50(40)49(39)52-44)34(4)31-41(15-7-2)35(5)51-46-30-26-42(32-36(46)8-3)43-22-19-38-24-29-47(53-48(38)33-43)37-16-12-11-13-17-37/h6-17,19-34H,5,18H2,1-4H3/b9-6-,14-10-,15-7-,36-8-,41-31+,51-46-. The van der Waals surface area contributed by atoms with Crippen molar-refractivity contribution in [2.45, 2.75) is 40.0 Å². The van der Waals surface area contributed by atoms with Crippen molar-refractivity contribution in [1.29, 1.82) is 0 Å². The zero-order chi connectivity index (χ0) is 37.4. The summed E-state index contributed by atoms with van der Waals surface area (Å²) in [6.07, 6.45) is 23.8. The first-order valence-corrected chi connectivity index (χ1v) is 18.6. The Kier molecular flexibility index (Phi) is 10.9. The normalized spacial score (nSPS) is 15.9. The van der Waals surface area contributed by atoms with Crippen molar-refractivity contribution in [2.24, 2.45) is 4.99 Å². The Balaban J connectivity index is 1.14. The van der Waals surface area contributed by atoms with E-state index in [2.05, 4.69) is 141 Å². The van der Waals surface area contributed by atoms with Crippen LogP contribution in [0, 0.1) is 0 Å². The minimum Gasteiger partial charge on any atom is -0.250 e. The van der Waals surface area contributed by atoms with E-state index in [4.69, 9.17) is 19.9 Å². The number of pyridine rings is 3. The summed E-state index contributed by atoms with van der Waals surface area (Å²) in [4.78, 5) is 20.3. The van der Waals surface area contributed by atoms with Crippen molar-refractivity contribution in [1.82, 2.24) is 15.0 Å². The van der Waals surface area contributed by atoms with Crippen LogP contribution in [-0.2, 0) is 6.42 Å². The molecule has 1 aliphatic carbocycles. The second-order valence-corrected chi connectivity index (χ2v) is 13.4. The molecule has 0 saturated carbocycles. The Labute approximate surface area is 318 Å². The minimum absolute atomic E-state index is 0.0123. The lowest BCUT2D eigenvalue weighted by Gasteiger charge is -2.15. The van der Waals surface area contributed by atoms with E-state index in [0.717, 1.165) is 89.8 Å². The average Bonchev–Trinajstić information content (AvgIpc) is 3.22. The third-order valence-corrected chi connectivity index (χ3v) is 9.63. The van der Waals surface area contributed by atoms with Gasteiger partial charge in [0.15, 0.2) is 0 Å². The largest absolute Gasteiger partial charge is 0.250 e. The van der Waals surface area contributed by atoms with E-state index in [1.165, 1.54) is 0 Å². The van der Waals surface area contributed by atoms with Crippen LogP contribution in [0.3, 0.4) is 0 Å². The van der Waals surface area contributed by atoms with Gasteiger partial charge in [-0.3, -0.25) is 4.98 Å². The van der Waals surface area contributed by atoms with E-state index < -0.39 is 0 Å². The molecule has 0 bridgehead atoms. The molecule has 264 valence electrons. The smallest absolute Gasteiger partial charge is 0.0968 e. The highest BCUT2D eigenvalue weighted by atomic mass is 14.8. The van der Waals surface area contributed by atoms with Crippen LogP contribution in [0.5, 0.6) is 0 Å². The van der Waals surface area contributed by atoms with Gasteiger partial charge in [0.05, 0.1) is 33.7 Å². The fraction of sp³-hybridized carbons (Fsp3) is 0.120. The molecular weight excluding hydrogens is 657 g/mol. The molecule has 7 rings (SSSR count). The van der Waals surface area contributed by atoms with Gasteiger partial charge in [-0.15, -0.1) is 0 Å². The molecule has 3 aromatic heterocycles. The first-order valence-electron chi connectivity index (χ1n) is 18.6. The molecule has 0 aliphatic heterocycles. The molecule has 0 N–H and O–H groups in total. The minimum atomic E-state index is 0.0123. The Morgan fingerprint density at radius 3 is 2.26 bits per heavy atom. The average molecular weight is 701 g/mol. The lowest BCUT2D eigenvalue weighted by Crippen LogP contribution is -2.04. The van der Waals surface area contributed by atoms with Crippen LogP contribution in [-0.4, -0.2) is 20.7 Å². The molecule has 1 atom stereocenters. The van der Waals surface area contributed by atoms with Gasteiger partial charge in [0.2, 0.25) is 0 Å². The molecule has 0 saturated heterocycles. The highest BCUT2D eigenvalue weighted by molar-refractivity contribution is 6.15. The topological polar surface area (TPSA) is 51.0 Å². The molecule has 0 fully saturated rings. The van der Waals surface area contributed by atoms with E-state index in [1.807, 2.05) is 57.2 Å². The molecule has 1 unspecified atom stereocenters. The number of benzene rings is 3. The fourth-order valence-electron chi connectivity index (χ4n) is 6.69. The molecule has 6 aromatic rings. The fourth-order valence-corrected chi connectivity index (χ4v) is 6.69. The maximum atomic E-state index is 5.19. The second-order valence-electron chi connectivity index (χ2n) is 13.4. The predicted molar refractivity (Wildman–Crippen MR) is 231 cm³/mol. The Bertz CT molecular complexity index is 2630. The van der Waals surface area contributed by atoms with Crippen molar-refractivity contribution >= 4 is 44.0 Å². The van der Waals surface area contributed by atoms with Gasteiger partial charge in [0.25, 0.3) is 0 Å². The molecule has 0 amide bonds. The second kappa shape index (κ2) is 16.4. The number of allylic oxidation sites excluding steroid dienone is 13. The van der Waals surface area contributed by atoms with Gasteiger partial charge in [-0.25, -0.2) is 15.0 Å². The number of rotatable bonds is 10. The number of nitrogens with zero attached hydrogens (tertiary/aromatic N) is 4. The summed E-state index contributed by atoms with van der Waals surface area (Å²) in [5, 5.41) is 3.28. The molecule has 3 aromatic carbocycles. The third-order valence-electron chi connectivity index (χ3n) is 9.63. The van der Waals surface area contributed by atoms with Crippen molar-refractivity contribution in [3.8, 4) is 11.3 Å². The van der Waals surface area contributed by atoms with Gasteiger partial charge in [-0.05, 0) is 79.5 Å². The summed E-state index contributed by atoms with van der Waals surface area (Å²) in [5.41, 5.74) is 12.7. The number of fused-ring (bicyclic) bond motifs is 4. The molecule has 4 nitrogen and oxygen atoms in total. The van der Waals surface area contributed by atoms with E-state index in [-0.39, 0.29) is 5.92 Å². The van der Waals surface area contributed by atoms with Gasteiger partial charge in [0.1, 0.15) is 0 Å². The van der Waals surface area contributed by atoms with E-state index in [1.54, 1.807) is 0 Å². The van der Waals surface area contributed by atoms with Crippen LogP contribution in [0.4, 0.5) is 0 Å². The van der Waals surface area contributed by atoms with E-state index in [0.29, 0.717) is 5.70 Å². The highest BCUT2D eigenvalue weighted by Gasteiger charge is 2.14. The third kappa shape index (κ3) is 7.94. The first-order chi connectivity index (χ1) is 26.4. The maximum Gasteiger partial charge on any atom is 0.0968 e. The zero-order valence-electron chi connectivity index (χ0n) is 31.4. The number of hydrogen-bond acceptors (Lipinski definition) is 4. The maximum absolute atomic E-state index is 5.19. The van der Waals surface area contributed by atoms with Crippen molar-refractivity contribution < 1.29 is 0 Å².